The second-order valence-corrected chi connectivity index (χ2v) is 5.20. The van der Waals surface area contributed by atoms with Crippen molar-refractivity contribution in [3.05, 3.63) is 23.9 Å². The molecule has 1 aromatic heterocycles. The number of ether oxygens (including phenoxy) is 2. The lowest BCUT2D eigenvalue weighted by Gasteiger charge is -2.13. The van der Waals surface area contributed by atoms with Gasteiger partial charge in [0, 0.05) is 38.5 Å². The Bertz CT molecular complexity index is 478. The van der Waals surface area contributed by atoms with Crippen LogP contribution in [0.15, 0.2) is 23.3 Å². The molecule has 0 spiro atoms. The van der Waals surface area contributed by atoms with E-state index >= 15 is 0 Å². The highest BCUT2D eigenvalue weighted by Gasteiger charge is 2.33. The average Bonchev–Trinajstić information content (AvgIpc) is 3.20. The van der Waals surface area contributed by atoms with Crippen molar-refractivity contribution < 1.29 is 9.47 Å². The van der Waals surface area contributed by atoms with Gasteiger partial charge >= 0.3 is 0 Å². The zero-order chi connectivity index (χ0) is 15.1. The van der Waals surface area contributed by atoms with Gasteiger partial charge in [-0.05, 0) is 18.4 Å². The van der Waals surface area contributed by atoms with E-state index in [4.69, 9.17) is 9.47 Å². The molecule has 2 rings (SSSR count). The third-order valence-electron chi connectivity index (χ3n) is 3.48. The van der Waals surface area contributed by atoms with Crippen LogP contribution in [0, 0.1) is 5.92 Å². The van der Waals surface area contributed by atoms with E-state index in [-0.39, 0.29) is 0 Å². The molecule has 6 nitrogen and oxygen atoms in total. The number of pyridine rings is 1. The summed E-state index contributed by atoms with van der Waals surface area (Å²) in [4.78, 5) is 8.50. The van der Waals surface area contributed by atoms with E-state index in [1.54, 1.807) is 20.4 Å². The van der Waals surface area contributed by atoms with Crippen LogP contribution in [-0.2, 0) is 11.3 Å². The third kappa shape index (κ3) is 4.90. The number of aromatic nitrogens is 1. The maximum absolute atomic E-state index is 5.62. The van der Waals surface area contributed by atoms with E-state index in [1.807, 2.05) is 12.1 Å². The summed E-state index contributed by atoms with van der Waals surface area (Å²) in [6.07, 6.45) is 2.93. The van der Waals surface area contributed by atoms with Crippen molar-refractivity contribution in [3.8, 4) is 5.88 Å². The molecule has 2 atom stereocenters. The van der Waals surface area contributed by atoms with E-state index in [0.717, 1.165) is 17.4 Å². The summed E-state index contributed by atoms with van der Waals surface area (Å²) in [6, 6.07) is 4.44. The van der Waals surface area contributed by atoms with Crippen molar-refractivity contribution >= 4 is 5.96 Å². The quantitative estimate of drug-likeness (QED) is 0.449. The molecule has 6 heteroatoms. The third-order valence-corrected chi connectivity index (χ3v) is 3.48. The summed E-state index contributed by atoms with van der Waals surface area (Å²) in [5, 5.41) is 6.69. The first-order valence-electron chi connectivity index (χ1n) is 7.27. The zero-order valence-corrected chi connectivity index (χ0v) is 12.9. The fourth-order valence-corrected chi connectivity index (χ4v) is 1.98. The number of nitrogens with one attached hydrogen (secondary N) is 2. The Morgan fingerprint density at radius 1 is 1.48 bits per heavy atom. The molecule has 116 valence electrons. The zero-order valence-electron chi connectivity index (χ0n) is 12.9. The molecule has 1 saturated carbocycles. The molecular weight excluding hydrogens is 268 g/mol. The summed E-state index contributed by atoms with van der Waals surface area (Å²) in [5.74, 6) is 2.18. The Kier molecular flexibility index (Phi) is 5.80. The number of guanidine groups is 1. The molecule has 1 aliphatic carbocycles. The Morgan fingerprint density at radius 2 is 2.29 bits per heavy atom. The number of rotatable bonds is 7. The van der Waals surface area contributed by atoms with Crippen molar-refractivity contribution in [2.75, 3.05) is 27.4 Å². The Morgan fingerprint density at radius 3 is 2.95 bits per heavy atom. The Labute approximate surface area is 126 Å². The van der Waals surface area contributed by atoms with E-state index in [0.29, 0.717) is 31.7 Å². The van der Waals surface area contributed by atoms with E-state index in [1.165, 1.54) is 6.42 Å². The lowest BCUT2D eigenvalue weighted by Crippen LogP contribution is -2.38. The largest absolute Gasteiger partial charge is 0.475 e. The van der Waals surface area contributed by atoms with E-state index in [9.17, 15) is 0 Å². The van der Waals surface area contributed by atoms with Gasteiger partial charge in [0.1, 0.15) is 6.61 Å². The summed E-state index contributed by atoms with van der Waals surface area (Å²) in [6.45, 7) is 3.89. The molecule has 0 amide bonds. The van der Waals surface area contributed by atoms with Gasteiger partial charge in [-0.3, -0.25) is 4.99 Å². The van der Waals surface area contributed by atoms with E-state index in [2.05, 4.69) is 27.5 Å². The molecule has 1 aliphatic rings. The van der Waals surface area contributed by atoms with Crippen LogP contribution >= 0.6 is 0 Å². The first kappa shape index (κ1) is 15.6. The van der Waals surface area contributed by atoms with Gasteiger partial charge in [0.05, 0.1) is 6.61 Å². The molecule has 21 heavy (non-hydrogen) atoms. The minimum Gasteiger partial charge on any atom is -0.475 e. The van der Waals surface area contributed by atoms with Crippen molar-refractivity contribution in [1.82, 2.24) is 15.6 Å². The summed E-state index contributed by atoms with van der Waals surface area (Å²) in [5.41, 5.74) is 1.00. The summed E-state index contributed by atoms with van der Waals surface area (Å²) in [7, 11) is 3.43. The van der Waals surface area contributed by atoms with E-state index < -0.39 is 0 Å². The second kappa shape index (κ2) is 7.83. The first-order chi connectivity index (χ1) is 10.2. The number of methoxy groups -OCH3 is 1. The van der Waals surface area contributed by atoms with Crippen molar-refractivity contribution in [2.45, 2.75) is 25.9 Å². The van der Waals surface area contributed by atoms with Crippen LogP contribution < -0.4 is 15.4 Å². The predicted molar refractivity (Wildman–Crippen MR) is 82.5 cm³/mol. The fraction of sp³-hybridized carbons (Fsp3) is 0.600. The first-order valence-corrected chi connectivity index (χ1v) is 7.27. The van der Waals surface area contributed by atoms with Crippen LogP contribution in [0.4, 0.5) is 0 Å². The van der Waals surface area contributed by atoms with Crippen LogP contribution in [0.5, 0.6) is 5.88 Å². The molecule has 0 aromatic carbocycles. The predicted octanol–water partition coefficient (Wildman–Crippen LogP) is 1.18. The maximum atomic E-state index is 5.62. The van der Waals surface area contributed by atoms with Gasteiger partial charge < -0.3 is 20.1 Å². The number of hydrogen-bond acceptors (Lipinski definition) is 4. The topological polar surface area (TPSA) is 67.8 Å². The molecule has 1 aromatic rings. The monoisotopic (exact) mass is 292 g/mol. The minimum atomic E-state index is 0.493. The van der Waals surface area contributed by atoms with Crippen molar-refractivity contribution in [1.29, 1.82) is 0 Å². The van der Waals surface area contributed by atoms with Crippen LogP contribution in [0.25, 0.3) is 0 Å². The standard InChI is InChI=1S/C15H24N4O2/c1-11-9-13(11)19-15(16-2)18-10-12-5-4-6-17-14(12)21-8-7-20-3/h4-6,11,13H,7-10H2,1-3H3,(H2,16,18,19). The highest BCUT2D eigenvalue weighted by molar-refractivity contribution is 5.80. The van der Waals surface area contributed by atoms with Gasteiger partial charge in [0.15, 0.2) is 5.96 Å². The Balaban J connectivity index is 1.86. The van der Waals surface area contributed by atoms with Crippen LogP contribution in [-0.4, -0.2) is 44.4 Å². The van der Waals surface area contributed by atoms with Gasteiger partial charge in [-0.25, -0.2) is 4.98 Å². The molecule has 0 aliphatic heterocycles. The smallest absolute Gasteiger partial charge is 0.218 e. The van der Waals surface area contributed by atoms with Gasteiger partial charge in [-0.1, -0.05) is 13.0 Å². The summed E-state index contributed by atoms with van der Waals surface area (Å²) < 4.78 is 10.6. The second-order valence-electron chi connectivity index (χ2n) is 5.20. The number of aliphatic imine (C=N–C) groups is 1. The number of hydrogen-bond donors (Lipinski definition) is 2. The molecular formula is C15H24N4O2. The molecule has 1 fully saturated rings. The van der Waals surface area contributed by atoms with Crippen LogP contribution in [0.2, 0.25) is 0 Å². The SMILES string of the molecule is CN=C(NCc1cccnc1OCCOC)NC1CC1C. The highest BCUT2D eigenvalue weighted by Crippen LogP contribution is 2.28. The lowest BCUT2D eigenvalue weighted by atomic mass is 10.2. The average molecular weight is 292 g/mol. The summed E-state index contributed by atoms with van der Waals surface area (Å²) >= 11 is 0. The minimum absolute atomic E-state index is 0.493. The van der Waals surface area contributed by atoms with Gasteiger partial charge in [-0.2, -0.15) is 0 Å². The van der Waals surface area contributed by atoms with Gasteiger partial charge in [0.25, 0.3) is 0 Å². The molecule has 0 saturated heterocycles. The number of nitrogens with zero attached hydrogens (tertiary/aromatic N) is 2. The normalized spacial score (nSPS) is 21.0. The Hall–Kier alpha value is -1.82. The molecule has 2 unspecified atom stereocenters. The van der Waals surface area contributed by atoms with Gasteiger partial charge in [0.2, 0.25) is 5.88 Å². The molecule has 2 N–H and O–H groups in total. The fourth-order valence-electron chi connectivity index (χ4n) is 1.98. The van der Waals surface area contributed by atoms with Gasteiger partial charge in [-0.15, -0.1) is 0 Å². The highest BCUT2D eigenvalue weighted by atomic mass is 16.5. The van der Waals surface area contributed by atoms with Crippen LogP contribution in [0.1, 0.15) is 18.9 Å². The maximum Gasteiger partial charge on any atom is 0.218 e. The van der Waals surface area contributed by atoms with Crippen LogP contribution in [0.3, 0.4) is 0 Å². The lowest BCUT2D eigenvalue weighted by molar-refractivity contribution is 0.143. The molecule has 1 heterocycles. The molecule has 0 bridgehead atoms. The van der Waals surface area contributed by atoms with Crippen molar-refractivity contribution in [3.63, 3.8) is 0 Å². The van der Waals surface area contributed by atoms with Crippen molar-refractivity contribution in [2.24, 2.45) is 10.9 Å². The molecule has 0 radical (unpaired) electrons.